The van der Waals surface area contributed by atoms with Crippen LogP contribution in [0.3, 0.4) is 0 Å². The van der Waals surface area contributed by atoms with Gasteiger partial charge < -0.3 is 4.98 Å². The van der Waals surface area contributed by atoms with Gasteiger partial charge in [-0.15, -0.1) is 11.6 Å². The van der Waals surface area contributed by atoms with Crippen molar-refractivity contribution in [2.45, 2.75) is 6.54 Å². The van der Waals surface area contributed by atoms with Crippen LogP contribution in [0.1, 0.15) is 5.69 Å². The fourth-order valence-electron chi connectivity index (χ4n) is 0.799. The summed E-state index contributed by atoms with van der Waals surface area (Å²) in [6.45, 7) is 0.885. The average molecular weight is 159 g/mol. The minimum Gasteiger partial charge on any atom is -0.364 e. The van der Waals surface area contributed by atoms with Crippen molar-refractivity contribution in [2.75, 3.05) is 13.1 Å². The Morgan fingerprint density at radius 3 is 3.00 bits per heavy atom. The molecule has 10 heavy (non-hydrogen) atoms. The maximum absolute atomic E-state index is 5.58. The van der Waals surface area contributed by atoms with Crippen molar-refractivity contribution in [2.24, 2.45) is 0 Å². The molecule has 0 aliphatic heterocycles. The lowest BCUT2D eigenvalue weighted by atomic mass is 10.4. The van der Waals surface area contributed by atoms with E-state index in [1.807, 2.05) is 30.3 Å². The number of H-pyrrole nitrogens is 1. The van der Waals surface area contributed by atoms with Crippen LogP contribution in [-0.2, 0) is 6.54 Å². The topological polar surface area (TPSA) is 19.0 Å². The van der Waals surface area contributed by atoms with E-state index in [2.05, 4.69) is 4.98 Å². The molecule has 0 unspecified atom stereocenters. The van der Waals surface area contributed by atoms with Gasteiger partial charge in [-0.2, -0.15) is 0 Å². The summed E-state index contributed by atoms with van der Waals surface area (Å²) < 4.78 is 0. The fourth-order valence-corrected chi connectivity index (χ4v) is 0.883. The zero-order valence-electron chi connectivity index (χ0n) is 5.97. The Balaban J connectivity index is 2.40. The highest BCUT2D eigenvalue weighted by Crippen LogP contribution is 1.99. The van der Waals surface area contributed by atoms with E-state index < -0.39 is 0 Å². The average Bonchev–Trinajstić information content (AvgIpc) is 2.40. The fraction of sp³-hybridized carbons (Fsp3) is 0.429. The quantitative estimate of drug-likeness (QED) is 0.524. The second-order valence-electron chi connectivity index (χ2n) is 2.33. The zero-order chi connectivity index (χ0) is 7.40. The molecular weight excluding hydrogens is 148 g/mol. The lowest BCUT2D eigenvalue weighted by Gasteiger charge is -2.09. The molecule has 2 nitrogen and oxygen atoms in total. The van der Waals surface area contributed by atoms with E-state index >= 15 is 0 Å². The molecule has 0 saturated carbocycles. The van der Waals surface area contributed by atoms with Crippen LogP contribution in [0.4, 0.5) is 0 Å². The summed E-state index contributed by atoms with van der Waals surface area (Å²) in [7, 11) is 1.98. The summed E-state index contributed by atoms with van der Waals surface area (Å²) in [6, 6.07) is 4.60. The van der Waals surface area contributed by atoms with Crippen molar-refractivity contribution in [3.63, 3.8) is 0 Å². The molecule has 56 valence electrons. The molecule has 0 fully saturated rings. The summed E-state index contributed by atoms with van der Waals surface area (Å²) in [5.41, 5.74) is 1.20. The second-order valence-corrected chi connectivity index (χ2v) is 2.57. The second kappa shape index (κ2) is 3.64. The van der Waals surface area contributed by atoms with Gasteiger partial charge in [-0.25, -0.2) is 0 Å². The molecule has 0 spiro atoms. The highest BCUT2D eigenvalue weighted by atomic mass is 35.5. The zero-order valence-corrected chi connectivity index (χ0v) is 6.73. The number of halogens is 1. The van der Waals surface area contributed by atoms with Crippen molar-refractivity contribution < 1.29 is 0 Å². The molecule has 1 rings (SSSR count). The first-order chi connectivity index (χ1) is 4.83. The number of hydrogen-bond donors (Lipinski definition) is 1. The predicted octanol–water partition coefficient (Wildman–Crippen LogP) is 1.64. The van der Waals surface area contributed by atoms with Gasteiger partial charge in [0, 0.05) is 18.4 Å². The van der Waals surface area contributed by atoms with Crippen LogP contribution in [-0.4, -0.2) is 22.9 Å². The van der Waals surface area contributed by atoms with Gasteiger partial charge >= 0.3 is 0 Å². The molecule has 0 saturated heterocycles. The van der Waals surface area contributed by atoms with Crippen LogP contribution < -0.4 is 0 Å². The lowest BCUT2D eigenvalue weighted by Crippen LogP contribution is -2.15. The van der Waals surface area contributed by atoms with Gasteiger partial charge in [-0.1, -0.05) is 0 Å². The third-order valence-corrected chi connectivity index (χ3v) is 1.71. The molecule has 0 aliphatic rings. The van der Waals surface area contributed by atoms with E-state index in [4.69, 9.17) is 11.6 Å². The van der Waals surface area contributed by atoms with E-state index in [9.17, 15) is 0 Å². The highest BCUT2D eigenvalue weighted by molar-refractivity contribution is 6.17. The van der Waals surface area contributed by atoms with E-state index in [0.29, 0.717) is 6.00 Å². The maximum Gasteiger partial charge on any atom is 0.0739 e. The predicted molar refractivity (Wildman–Crippen MR) is 43.0 cm³/mol. The van der Waals surface area contributed by atoms with Crippen molar-refractivity contribution in [3.8, 4) is 0 Å². The van der Waals surface area contributed by atoms with Gasteiger partial charge in [0.05, 0.1) is 6.00 Å². The molecule has 0 bridgehead atoms. The monoisotopic (exact) mass is 158 g/mol. The molecule has 1 aromatic rings. The third kappa shape index (κ3) is 2.05. The standard InChI is InChI=1S/C7H11ClN2/c1-10(6-8)5-7-3-2-4-9-7/h2-4,9H,5-6H2,1H3. The van der Waals surface area contributed by atoms with Crippen LogP contribution in [0.25, 0.3) is 0 Å². The van der Waals surface area contributed by atoms with Crippen LogP contribution in [0.15, 0.2) is 18.3 Å². The number of rotatable bonds is 3. The first-order valence-electron chi connectivity index (χ1n) is 3.19. The van der Waals surface area contributed by atoms with E-state index in [1.165, 1.54) is 5.69 Å². The molecule has 0 aromatic carbocycles. The van der Waals surface area contributed by atoms with Gasteiger partial charge in [0.2, 0.25) is 0 Å². The number of aromatic amines is 1. The Morgan fingerprint density at radius 1 is 1.70 bits per heavy atom. The minimum atomic E-state index is 0.568. The Hall–Kier alpha value is -0.470. The van der Waals surface area contributed by atoms with E-state index in [-0.39, 0.29) is 0 Å². The number of aromatic nitrogens is 1. The van der Waals surface area contributed by atoms with Crippen LogP contribution in [0.5, 0.6) is 0 Å². The summed E-state index contributed by atoms with van der Waals surface area (Å²) in [5.74, 6) is 0. The van der Waals surface area contributed by atoms with Gasteiger partial charge in [0.15, 0.2) is 0 Å². The van der Waals surface area contributed by atoms with Crippen molar-refractivity contribution >= 4 is 11.6 Å². The number of alkyl halides is 1. The Bertz CT molecular complexity index is 172. The summed E-state index contributed by atoms with van der Waals surface area (Å²) in [5, 5.41) is 0. The molecule has 0 radical (unpaired) electrons. The Kier molecular flexibility index (Phi) is 2.78. The maximum atomic E-state index is 5.58. The van der Waals surface area contributed by atoms with E-state index in [0.717, 1.165) is 6.54 Å². The Morgan fingerprint density at radius 2 is 2.50 bits per heavy atom. The number of nitrogens with zero attached hydrogens (tertiary/aromatic N) is 1. The smallest absolute Gasteiger partial charge is 0.0739 e. The lowest BCUT2D eigenvalue weighted by molar-refractivity contribution is 0.378. The SMILES string of the molecule is CN(CCl)Cc1ccc[nH]1. The van der Waals surface area contributed by atoms with Crippen molar-refractivity contribution in [1.29, 1.82) is 0 Å². The minimum absolute atomic E-state index is 0.568. The van der Waals surface area contributed by atoms with Crippen LogP contribution in [0, 0.1) is 0 Å². The number of hydrogen-bond acceptors (Lipinski definition) is 1. The molecule has 1 N–H and O–H groups in total. The molecule has 0 atom stereocenters. The first kappa shape index (κ1) is 7.63. The molecular formula is C7H11ClN2. The Labute approximate surface area is 65.8 Å². The van der Waals surface area contributed by atoms with Gasteiger partial charge in [0.25, 0.3) is 0 Å². The molecule has 3 heteroatoms. The van der Waals surface area contributed by atoms with Gasteiger partial charge in [-0.05, 0) is 19.2 Å². The van der Waals surface area contributed by atoms with Gasteiger partial charge in [0.1, 0.15) is 0 Å². The normalized spacial score (nSPS) is 10.7. The van der Waals surface area contributed by atoms with Crippen LogP contribution >= 0.6 is 11.6 Å². The third-order valence-electron chi connectivity index (χ3n) is 1.31. The van der Waals surface area contributed by atoms with E-state index in [1.54, 1.807) is 0 Å². The number of nitrogens with one attached hydrogen (secondary N) is 1. The molecule has 1 heterocycles. The summed E-state index contributed by atoms with van der Waals surface area (Å²) in [6.07, 6.45) is 1.91. The van der Waals surface area contributed by atoms with Gasteiger partial charge in [-0.3, -0.25) is 4.90 Å². The molecule has 0 amide bonds. The first-order valence-corrected chi connectivity index (χ1v) is 3.73. The van der Waals surface area contributed by atoms with Crippen molar-refractivity contribution in [3.05, 3.63) is 24.0 Å². The molecule has 1 aromatic heterocycles. The summed E-state index contributed by atoms with van der Waals surface area (Å²) in [4.78, 5) is 5.12. The van der Waals surface area contributed by atoms with Crippen molar-refractivity contribution in [1.82, 2.24) is 9.88 Å². The largest absolute Gasteiger partial charge is 0.364 e. The highest BCUT2D eigenvalue weighted by Gasteiger charge is 1.96. The van der Waals surface area contributed by atoms with Crippen LogP contribution in [0.2, 0.25) is 0 Å². The summed E-state index contributed by atoms with van der Waals surface area (Å²) >= 11 is 5.58. The molecule has 0 aliphatic carbocycles.